The van der Waals surface area contributed by atoms with E-state index in [1.807, 2.05) is 42.5 Å². The third-order valence-electron chi connectivity index (χ3n) is 3.57. The molecule has 0 saturated heterocycles. The summed E-state index contributed by atoms with van der Waals surface area (Å²) in [6.45, 7) is 0.466. The molecule has 0 unspecified atom stereocenters. The van der Waals surface area contributed by atoms with Crippen LogP contribution < -0.4 is 10.2 Å². The number of benzene rings is 2. The molecule has 0 aliphatic heterocycles. The highest BCUT2D eigenvalue weighted by Crippen LogP contribution is 2.35. The number of halogens is 2. The van der Waals surface area contributed by atoms with Gasteiger partial charge in [0, 0.05) is 18.0 Å². The van der Waals surface area contributed by atoms with Crippen LogP contribution in [-0.2, 0) is 6.61 Å². The van der Waals surface area contributed by atoms with E-state index in [9.17, 15) is 4.79 Å². The Morgan fingerprint density at radius 3 is 2.41 bits per heavy atom. The Morgan fingerprint density at radius 2 is 1.74 bits per heavy atom. The van der Waals surface area contributed by atoms with Gasteiger partial charge in [-0.25, -0.2) is 5.43 Å². The maximum atomic E-state index is 12.0. The molecule has 7 heteroatoms. The van der Waals surface area contributed by atoms with Crippen molar-refractivity contribution >= 4 is 44.0 Å². The molecule has 1 amide bonds. The molecule has 2 aromatic carbocycles. The van der Waals surface area contributed by atoms with Gasteiger partial charge in [0.05, 0.1) is 15.2 Å². The van der Waals surface area contributed by atoms with Crippen molar-refractivity contribution in [3.63, 3.8) is 0 Å². The van der Waals surface area contributed by atoms with E-state index in [2.05, 4.69) is 47.4 Å². The highest BCUT2D eigenvalue weighted by Gasteiger charge is 2.09. The monoisotopic (exact) mass is 487 g/mol. The number of ether oxygens (including phenoxy) is 1. The van der Waals surface area contributed by atoms with Gasteiger partial charge in [-0.1, -0.05) is 30.3 Å². The predicted molar refractivity (Wildman–Crippen MR) is 112 cm³/mol. The molecule has 0 aliphatic carbocycles. The maximum absolute atomic E-state index is 12.0. The molecule has 0 saturated carbocycles. The Balaban J connectivity index is 1.64. The van der Waals surface area contributed by atoms with Crippen LogP contribution in [0.3, 0.4) is 0 Å². The SMILES string of the molecule is O=C(N/N=C\c1cc(Br)c(OCc2ccccc2)c(Br)c1)c1ccncc1. The minimum Gasteiger partial charge on any atom is -0.487 e. The Hall–Kier alpha value is -2.51. The zero-order chi connectivity index (χ0) is 19.1. The van der Waals surface area contributed by atoms with Crippen molar-refractivity contribution in [1.82, 2.24) is 10.4 Å². The van der Waals surface area contributed by atoms with Crippen LogP contribution in [0, 0.1) is 0 Å². The van der Waals surface area contributed by atoms with E-state index in [4.69, 9.17) is 4.74 Å². The zero-order valence-electron chi connectivity index (χ0n) is 14.1. The standard InChI is InChI=1S/C20H15Br2N3O2/c21-17-10-15(12-24-25-20(26)16-6-8-23-9-7-16)11-18(22)19(17)27-13-14-4-2-1-3-5-14/h1-12H,13H2,(H,25,26)/b24-12-. The molecule has 0 atom stereocenters. The molecule has 0 bridgehead atoms. The quantitative estimate of drug-likeness (QED) is 0.394. The summed E-state index contributed by atoms with van der Waals surface area (Å²) in [4.78, 5) is 15.8. The molecule has 27 heavy (non-hydrogen) atoms. The number of hydrogen-bond acceptors (Lipinski definition) is 4. The van der Waals surface area contributed by atoms with E-state index in [0.29, 0.717) is 17.9 Å². The van der Waals surface area contributed by atoms with Crippen molar-refractivity contribution in [2.45, 2.75) is 6.61 Å². The maximum Gasteiger partial charge on any atom is 0.271 e. The fraction of sp³-hybridized carbons (Fsp3) is 0.0500. The summed E-state index contributed by atoms with van der Waals surface area (Å²) in [5, 5.41) is 4.00. The van der Waals surface area contributed by atoms with Gasteiger partial charge in [0.2, 0.25) is 0 Å². The fourth-order valence-corrected chi connectivity index (χ4v) is 3.71. The fourth-order valence-electron chi connectivity index (χ4n) is 2.25. The van der Waals surface area contributed by atoms with Crippen LogP contribution in [0.1, 0.15) is 21.5 Å². The lowest BCUT2D eigenvalue weighted by molar-refractivity contribution is 0.0955. The van der Waals surface area contributed by atoms with Gasteiger partial charge >= 0.3 is 0 Å². The first kappa shape index (κ1) is 19.3. The van der Waals surface area contributed by atoms with Crippen LogP contribution in [0.5, 0.6) is 5.75 Å². The second-order valence-corrected chi connectivity index (χ2v) is 7.23. The van der Waals surface area contributed by atoms with Gasteiger partial charge in [0.1, 0.15) is 12.4 Å². The average Bonchev–Trinajstić information content (AvgIpc) is 2.69. The smallest absolute Gasteiger partial charge is 0.271 e. The number of aromatic nitrogens is 1. The van der Waals surface area contributed by atoms with Gasteiger partial charge in [-0.2, -0.15) is 5.10 Å². The second kappa shape index (κ2) is 9.43. The van der Waals surface area contributed by atoms with Crippen LogP contribution in [-0.4, -0.2) is 17.1 Å². The number of amides is 1. The first-order valence-electron chi connectivity index (χ1n) is 8.02. The minimum absolute atomic E-state index is 0.297. The topological polar surface area (TPSA) is 63.6 Å². The molecule has 0 spiro atoms. The van der Waals surface area contributed by atoms with E-state index in [1.165, 1.54) is 0 Å². The molecule has 1 N–H and O–H groups in total. The minimum atomic E-state index is -0.297. The summed E-state index contributed by atoms with van der Waals surface area (Å²) in [5.41, 5.74) is 4.87. The molecule has 0 radical (unpaired) electrons. The lowest BCUT2D eigenvalue weighted by Gasteiger charge is -2.11. The third-order valence-corrected chi connectivity index (χ3v) is 4.75. The van der Waals surface area contributed by atoms with Crippen LogP contribution >= 0.6 is 31.9 Å². The van der Waals surface area contributed by atoms with Crippen LogP contribution in [0.15, 0.2) is 81.0 Å². The highest BCUT2D eigenvalue weighted by atomic mass is 79.9. The van der Waals surface area contributed by atoms with Crippen molar-refractivity contribution in [2.75, 3.05) is 0 Å². The Bertz CT molecular complexity index is 925. The second-order valence-electron chi connectivity index (χ2n) is 5.52. The predicted octanol–water partition coefficient (Wildman–Crippen LogP) is 4.95. The normalized spacial score (nSPS) is 10.7. The molecule has 3 aromatic rings. The Morgan fingerprint density at radius 1 is 1.07 bits per heavy atom. The first-order valence-corrected chi connectivity index (χ1v) is 9.61. The number of carbonyl (C=O) groups is 1. The molecule has 0 fully saturated rings. The number of hydrazone groups is 1. The van der Waals surface area contributed by atoms with Crippen molar-refractivity contribution in [2.24, 2.45) is 5.10 Å². The number of rotatable bonds is 6. The van der Waals surface area contributed by atoms with Crippen molar-refractivity contribution in [3.05, 3.63) is 92.6 Å². The van der Waals surface area contributed by atoms with E-state index in [-0.39, 0.29) is 5.91 Å². The van der Waals surface area contributed by atoms with Crippen LogP contribution in [0.25, 0.3) is 0 Å². The highest BCUT2D eigenvalue weighted by molar-refractivity contribution is 9.11. The third kappa shape index (κ3) is 5.48. The summed E-state index contributed by atoms with van der Waals surface area (Å²) in [6.07, 6.45) is 4.68. The van der Waals surface area contributed by atoms with Gasteiger partial charge in [-0.3, -0.25) is 9.78 Å². The van der Waals surface area contributed by atoms with Gasteiger partial charge in [0.15, 0.2) is 0 Å². The number of nitrogens with zero attached hydrogens (tertiary/aromatic N) is 2. The molecular weight excluding hydrogens is 474 g/mol. The van der Waals surface area contributed by atoms with Crippen molar-refractivity contribution in [3.8, 4) is 5.75 Å². The molecule has 1 aromatic heterocycles. The lowest BCUT2D eigenvalue weighted by atomic mass is 10.2. The molecule has 136 valence electrons. The molecule has 5 nitrogen and oxygen atoms in total. The van der Waals surface area contributed by atoms with Gasteiger partial charge < -0.3 is 4.74 Å². The van der Waals surface area contributed by atoms with Crippen LogP contribution in [0.4, 0.5) is 0 Å². The summed E-state index contributed by atoms with van der Waals surface area (Å²) < 4.78 is 7.47. The Kier molecular flexibility index (Phi) is 6.73. The van der Waals surface area contributed by atoms with Crippen molar-refractivity contribution < 1.29 is 9.53 Å². The van der Waals surface area contributed by atoms with E-state index < -0.39 is 0 Å². The number of pyridine rings is 1. The Labute approximate surface area is 173 Å². The van der Waals surface area contributed by atoms with E-state index in [1.54, 1.807) is 30.7 Å². The van der Waals surface area contributed by atoms with E-state index in [0.717, 1.165) is 20.1 Å². The zero-order valence-corrected chi connectivity index (χ0v) is 17.3. The molecule has 3 rings (SSSR count). The van der Waals surface area contributed by atoms with Crippen molar-refractivity contribution in [1.29, 1.82) is 0 Å². The first-order chi connectivity index (χ1) is 13.1. The molecule has 1 heterocycles. The molecule has 0 aliphatic rings. The number of nitrogens with one attached hydrogen (secondary N) is 1. The van der Waals surface area contributed by atoms with Gasteiger partial charge in [-0.05, 0) is 67.3 Å². The van der Waals surface area contributed by atoms with Crippen LogP contribution in [0.2, 0.25) is 0 Å². The summed E-state index contributed by atoms with van der Waals surface area (Å²) in [7, 11) is 0. The summed E-state index contributed by atoms with van der Waals surface area (Å²) >= 11 is 7.04. The number of carbonyl (C=O) groups excluding carboxylic acids is 1. The number of hydrogen-bond donors (Lipinski definition) is 1. The molecular formula is C20H15Br2N3O2. The summed E-state index contributed by atoms with van der Waals surface area (Å²) in [6, 6.07) is 16.9. The van der Waals surface area contributed by atoms with Gasteiger partial charge in [0.25, 0.3) is 5.91 Å². The largest absolute Gasteiger partial charge is 0.487 e. The average molecular weight is 489 g/mol. The van der Waals surface area contributed by atoms with E-state index >= 15 is 0 Å². The lowest BCUT2D eigenvalue weighted by Crippen LogP contribution is -2.17. The summed E-state index contributed by atoms with van der Waals surface area (Å²) in [5.74, 6) is 0.409. The van der Waals surface area contributed by atoms with Gasteiger partial charge in [-0.15, -0.1) is 0 Å².